The van der Waals surface area contributed by atoms with Crippen LogP contribution in [0.2, 0.25) is 0 Å². The van der Waals surface area contributed by atoms with Crippen LogP contribution in [0, 0.1) is 5.82 Å². The molecule has 0 spiro atoms. The Kier molecular flexibility index (Phi) is 6.54. The van der Waals surface area contributed by atoms with Crippen LogP contribution in [0.5, 0.6) is 5.75 Å². The van der Waals surface area contributed by atoms with Crippen LogP contribution in [0.4, 0.5) is 4.39 Å². The fourth-order valence-electron chi connectivity index (χ4n) is 3.74. The molecule has 0 radical (unpaired) electrons. The number of ether oxygens (including phenoxy) is 1. The molecule has 0 aliphatic carbocycles. The largest absolute Gasteiger partial charge is 0.497 e. The summed E-state index contributed by atoms with van der Waals surface area (Å²) in [6, 6.07) is 16.9. The lowest BCUT2D eigenvalue weighted by Gasteiger charge is -2.34. The number of methoxy groups -OCH3 is 1. The number of hydrogen-bond donors (Lipinski definition) is 0. The first-order valence-corrected chi connectivity index (χ1v) is 10.6. The van der Waals surface area contributed by atoms with Crippen LogP contribution >= 0.6 is 0 Å². The molecular formula is C25H25FN2O4. The fourth-order valence-corrected chi connectivity index (χ4v) is 3.74. The molecule has 0 unspecified atom stereocenters. The maximum Gasteiger partial charge on any atom is 0.253 e. The van der Waals surface area contributed by atoms with Crippen molar-refractivity contribution in [3.8, 4) is 17.1 Å². The normalized spacial score (nSPS) is 13.8. The second kappa shape index (κ2) is 9.68. The third kappa shape index (κ3) is 4.99. The lowest BCUT2D eigenvalue weighted by Crippen LogP contribution is -2.50. The minimum absolute atomic E-state index is 0.0429. The van der Waals surface area contributed by atoms with Gasteiger partial charge in [0.2, 0.25) is 5.91 Å². The van der Waals surface area contributed by atoms with E-state index in [0.29, 0.717) is 44.6 Å². The Morgan fingerprint density at radius 2 is 1.56 bits per heavy atom. The van der Waals surface area contributed by atoms with Crippen LogP contribution in [0.1, 0.15) is 22.5 Å². The number of amides is 2. The van der Waals surface area contributed by atoms with E-state index in [1.807, 2.05) is 36.4 Å². The van der Waals surface area contributed by atoms with E-state index in [-0.39, 0.29) is 17.6 Å². The molecule has 3 aromatic rings. The number of benzene rings is 2. The van der Waals surface area contributed by atoms with Gasteiger partial charge >= 0.3 is 0 Å². The van der Waals surface area contributed by atoms with Gasteiger partial charge in [0.25, 0.3) is 5.91 Å². The minimum atomic E-state index is -0.371. The van der Waals surface area contributed by atoms with Crippen molar-refractivity contribution < 1.29 is 23.1 Å². The second-order valence-electron chi connectivity index (χ2n) is 7.67. The zero-order valence-corrected chi connectivity index (χ0v) is 17.9. The van der Waals surface area contributed by atoms with Gasteiger partial charge in [-0.2, -0.15) is 0 Å². The van der Waals surface area contributed by atoms with Crippen molar-refractivity contribution in [3.05, 3.63) is 77.8 Å². The maximum atomic E-state index is 13.1. The van der Waals surface area contributed by atoms with Gasteiger partial charge in [-0.05, 0) is 60.7 Å². The summed E-state index contributed by atoms with van der Waals surface area (Å²) in [4.78, 5) is 28.6. The SMILES string of the molecule is COc1ccc(-c2ccc(CCC(=O)N3CCN(C(=O)c4ccc(F)cc4)CC3)o2)cc1. The summed E-state index contributed by atoms with van der Waals surface area (Å²) >= 11 is 0. The van der Waals surface area contributed by atoms with Gasteiger partial charge in [0.05, 0.1) is 7.11 Å². The van der Waals surface area contributed by atoms with Gasteiger partial charge in [-0.1, -0.05) is 0 Å². The number of aryl methyl sites for hydroxylation is 1. The average Bonchev–Trinajstić information content (AvgIpc) is 3.32. The summed E-state index contributed by atoms with van der Waals surface area (Å²) in [6.07, 6.45) is 0.866. The summed E-state index contributed by atoms with van der Waals surface area (Å²) in [5.74, 6) is 1.83. The van der Waals surface area contributed by atoms with Gasteiger partial charge in [-0.25, -0.2) is 4.39 Å². The van der Waals surface area contributed by atoms with Gasteiger partial charge in [-0.15, -0.1) is 0 Å². The highest BCUT2D eigenvalue weighted by Gasteiger charge is 2.25. The van der Waals surface area contributed by atoms with E-state index in [0.717, 1.165) is 22.8 Å². The van der Waals surface area contributed by atoms with Crippen LogP contribution < -0.4 is 4.74 Å². The first-order valence-electron chi connectivity index (χ1n) is 10.6. The van der Waals surface area contributed by atoms with Crippen LogP contribution in [-0.2, 0) is 11.2 Å². The third-order valence-electron chi connectivity index (χ3n) is 5.63. The molecule has 2 amide bonds. The number of piperazine rings is 1. The molecule has 1 aliphatic rings. The Morgan fingerprint density at radius 1 is 0.906 bits per heavy atom. The molecular weight excluding hydrogens is 411 g/mol. The Bertz CT molecular complexity index is 1070. The van der Waals surface area contributed by atoms with Gasteiger partial charge in [0.15, 0.2) is 0 Å². The number of halogens is 1. The van der Waals surface area contributed by atoms with Gasteiger partial charge in [0.1, 0.15) is 23.1 Å². The zero-order valence-electron chi connectivity index (χ0n) is 17.9. The first kappa shape index (κ1) is 21.6. The van der Waals surface area contributed by atoms with E-state index >= 15 is 0 Å². The van der Waals surface area contributed by atoms with Crippen LogP contribution in [0.3, 0.4) is 0 Å². The van der Waals surface area contributed by atoms with E-state index in [2.05, 4.69) is 0 Å². The molecule has 1 fully saturated rings. The first-order chi connectivity index (χ1) is 15.5. The Hall–Kier alpha value is -3.61. The predicted octanol–water partition coefficient (Wildman–Crippen LogP) is 4.01. The Labute approximate surface area is 186 Å². The number of carbonyl (C=O) groups is 2. The summed E-state index contributed by atoms with van der Waals surface area (Å²) in [6.45, 7) is 1.90. The topological polar surface area (TPSA) is 63.0 Å². The molecule has 7 heteroatoms. The van der Waals surface area contributed by atoms with Gasteiger partial charge < -0.3 is 19.0 Å². The van der Waals surface area contributed by atoms with Crippen molar-refractivity contribution in [1.82, 2.24) is 9.80 Å². The molecule has 0 saturated carbocycles. The summed E-state index contributed by atoms with van der Waals surface area (Å²) in [5.41, 5.74) is 1.40. The molecule has 0 atom stereocenters. The number of carbonyl (C=O) groups excluding carboxylic acids is 2. The standard InChI is InChI=1S/C25H25FN2O4/c1-31-21-8-4-18(5-9-21)23-12-10-22(32-23)11-13-24(29)27-14-16-28(17-15-27)25(30)19-2-6-20(26)7-3-19/h2-10,12H,11,13-17H2,1H3. The highest BCUT2D eigenvalue weighted by atomic mass is 19.1. The number of furan rings is 1. The minimum Gasteiger partial charge on any atom is -0.497 e. The molecule has 166 valence electrons. The highest BCUT2D eigenvalue weighted by Crippen LogP contribution is 2.25. The van der Waals surface area contributed by atoms with Gasteiger partial charge in [0, 0.05) is 50.1 Å². The predicted molar refractivity (Wildman–Crippen MR) is 118 cm³/mol. The van der Waals surface area contributed by atoms with E-state index in [1.165, 1.54) is 24.3 Å². The smallest absolute Gasteiger partial charge is 0.253 e. The quantitative estimate of drug-likeness (QED) is 0.586. The van der Waals surface area contributed by atoms with Crippen LogP contribution in [-0.4, -0.2) is 54.9 Å². The van der Waals surface area contributed by atoms with Gasteiger partial charge in [-0.3, -0.25) is 9.59 Å². The summed E-state index contributed by atoms with van der Waals surface area (Å²) < 4.78 is 24.1. The third-order valence-corrected chi connectivity index (χ3v) is 5.63. The molecule has 6 nitrogen and oxygen atoms in total. The number of rotatable bonds is 6. The maximum absolute atomic E-state index is 13.1. The molecule has 1 aromatic heterocycles. The van der Waals surface area contributed by atoms with E-state index in [9.17, 15) is 14.0 Å². The lowest BCUT2D eigenvalue weighted by molar-refractivity contribution is -0.132. The Balaban J connectivity index is 1.26. The van der Waals surface area contributed by atoms with Crippen molar-refractivity contribution >= 4 is 11.8 Å². The number of nitrogens with zero attached hydrogens (tertiary/aromatic N) is 2. The van der Waals surface area contributed by atoms with Crippen molar-refractivity contribution in [1.29, 1.82) is 0 Å². The van der Waals surface area contributed by atoms with E-state index < -0.39 is 0 Å². The molecule has 2 aromatic carbocycles. The lowest BCUT2D eigenvalue weighted by atomic mass is 10.1. The molecule has 4 rings (SSSR count). The highest BCUT2D eigenvalue weighted by molar-refractivity contribution is 5.94. The molecule has 2 heterocycles. The van der Waals surface area contributed by atoms with Crippen molar-refractivity contribution in [2.75, 3.05) is 33.3 Å². The zero-order chi connectivity index (χ0) is 22.5. The Morgan fingerprint density at radius 3 is 2.22 bits per heavy atom. The summed E-state index contributed by atoms with van der Waals surface area (Å²) in [7, 11) is 1.63. The van der Waals surface area contributed by atoms with E-state index in [4.69, 9.17) is 9.15 Å². The molecule has 0 N–H and O–H groups in total. The molecule has 1 saturated heterocycles. The molecule has 32 heavy (non-hydrogen) atoms. The fraction of sp³-hybridized carbons (Fsp3) is 0.280. The van der Waals surface area contributed by atoms with Crippen LogP contribution in [0.25, 0.3) is 11.3 Å². The molecule has 1 aliphatic heterocycles. The average molecular weight is 436 g/mol. The molecule has 0 bridgehead atoms. The number of hydrogen-bond acceptors (Lipinski definition) is 4. The summed E-state index contributed by atoms with van der Waals surface area (Å²) in [5, 5.41) is 0. The second-order valence-corrected chi connectivity index (χ2v) is 7.67. The van der Waals surface area contributed by atoms with Crippen molar-refractivity contribution in [3.63, 3.8) is 0 Å². The van der Waals surface area contributed by atoms with E-state index in [1.54, 1.807) is 16.9 Å². The van der Waals surface area contributed by atoms with Crippen LogP contribution in [0.15, 0.2) is 65.1 Å². The van der Waals surface area contributed by atoms with Crippen molar-refractivity contribution in [2.45, 2.75) is 12.8 Å². The monoisotopic (exact) mass is 436 g/mol. The van der Waals surface area contributed by atoms with Crippen molar-refractivity contribution in [2.24, 2.45) is 0 Å².